The summed E-state index contributed by atoms with van der Waals surface area (Å²) in [6.45, 7) is 2.71. The van der Waals surface area contributed by atoms with Crippen molar-refractivity contribution < 1.29 is 14.2 Å². The number of benzene rings is 1. The van der Waals surface area contributed by atoms with E-state index in [4.69, 9.17) is 14.2 Å². The second-order valence-corrected chi connectivity index (χ2v) is 7.69. The minimum atomic E-state index is -0.453. The van der Waals surface area contributed by atoms with Crippen molar-refractivity contribution in [2.75, 3.05) is 20.2 Å². The molecule has 0 unspecified atom stereocenters. The van der Waals surface area contributed by atoms with E-state index in [1.165, 1.54) is 19.3 Å². The molecule has 142 valence electrons. The highest BCUT2D eigenvalue weighted by atomic mass is 16.7. The highest BCUT2D eigenvalue weighted by molar-refractivity contribution is 5.59. The quantitative estimate of drug-likeness (QED) is 0.829. The van der Waals surface area contributed by atoms with Crippen LogP contribution in [0.1, 0.15) is 37.7 Å². The topological polar surface area (TPSA) is 56.7 Å². The van der Waals surface area contributed by atoms with Crippen molar-refractivity contribution in [3.8, 4) is 22.9 Å². The van der Waals surface area contributed by atoms with Crippen LogP contribution in [0.25, 0.3) is 11.4 Å². The van der Waals surface area contributed by atoms with Crippen molar-refractivity contribution in [1.82, 2.24) is 14.9 Å². The molecule has 2 aromatic rings. The lowest BCUT2D eigenvalue weighted by molar-refractivity contribution is -0.231. The smallest absolute Gasteiger partial charge is 0.213 e. The van der Waals surface area contributed by atoms with E-state index >= 15 is 0 Å². The zero-order valence-electron chi connectivity index (χ0n) is 15.7. The summed E-state index contributed by atoms with van der Waals surface area (Å²) in [6, 6.07) is 6.91. The third-order valence-electron chi connectivity index (χ3n) is 6.12. The van der Waals surface area contributed by atoms with Gasteiger partial charge in [-0.05, 0) is 31.0 Å². The maximum absolute atomic E-state index is 6.36. The number of hydrogen-bond acceptors (Lipinski definition) is 6. The van der Waals surface area contributed by atoms with E-state index in [-0.39, 0.29) is 0 Å². The summed E-state index contributed by atoms with van der Waals surface area (Å²) in [5, 5.41) is 0. The van der Waals surface area contributed by atoms with Crippen LogP contribution in [-0.2, 0) is 11.3 Å². The predicted octanol–water partition coefficient (Wildman–Crippen LogP) is 3.41. The number of methoxy groups -OCH3 is 1. The van der Waals surface area contributed by atoms with Crippen molar-refractivity contribution in [3.05, 3.63) is 36.2 Å². The van der Waals surface area contributed by atoms with Crippen LogP contribution in [-0.4, -0.2) is 46.9 Å². The summed E-state index contributed by atoms with van der Waals surface area (Å²) < 4.78 is 17.7. The van der Waals surface area contributed by atoms with E-state index in [0.717, 1.165) is 48.8 Å². The van der Waals surface area contributed by atoms with Gasteiger partial charge in [0.1, 0.15) is 5.75 Å². The van der Waals surface area contributed by atoms with Gasteiger partial charge in [-0.2, -0.15) is 0 Å². The molecule has 1 spiro atoms. The second kappa shape index (κ2) is 6.77. The average molecular weight is 367 g/mol. The minimum absolute atomic E-state index is 0.453. The Balaban J connectivity index is 1.30. The lowest BCUT2D eigenvalue weighted by Crippen LogP contribution is -2.54. The number of rotatable bonds is 3. The number of aromatic nitrogens is 2. The number of likely N-dealkylation sites (tertiary alicyclic amines) is 1. The number of nitrogens with zero attached hydrogens (tertiary/aromatic N) is 3. The SMILES string of the molecule is COc1cnc(-c2ccc3c(c2)COC2(CCN(C4CCC4)CC2)O3)nc1. The highest BCUT2D eigenvalue weighted by Gasteiger charge is 2.42. The van der Waals surface area contributed by atoms with E-state index in [0.29, 0.717) is 18.2 Å². The highest BCUT2D eigenvalue weighted by Crippen LogP contribution is 2.40. The lowest BCUT2D eigenvalue weighted by Gasteiger charge is -2.47. The van der Waals surface area contributed by atoms with Gasteiger partial charge in [0.25, 0.3) is 0 Å². The van der Waals surface area contributed by atoms with Gasteiger partial charge < -0.3 is 14.2 Å². The van der Waals surface area contributed by atoms with Crippen molar-refractivity contribution in [2.24, 2.45) is 0 Å². The molecule has 0 atom stereocenters. The Kier molecular flexibility index (Phi) is 4.25. The molecule has 1 aromatic carbocycles. The van der Waals surface area contributed by atoms with Gasteiger partial charge >= 0.3 is 0 Å². The van der Waals surface area contributed by atoms with Crippen molar-refractivity contribution in [2.45, 2.75) is 50.5 Å². The molecule has 3 aliphatic rings. The van der Waals surface area contributed by atoms with E-state index in [1.54, 1.807) is 19.5 Å². The van der Waals surface area contributed by atoms with Crippen molar-refractivity contribution >= 4 is 0 Å². The largest absolute Gasteiger partial charge is 0.494 e. The van der Waals surface area contributed by atoms with E-state index in [1.807, 2.05) is 12.1 Å². The van der Waals surface area contributed by atoms with Crippen LogP contribution < -0.4 is 9.47 Å². The summed E-state index contributed by atoms with van der Waals surface area (Å²) >= 11 is 0. The molecule has 2 fully saturated rings. The molecule has 0 radical (unpaired) electrons. The normalized spacial score (nSPS) is 22.0. The fourth-order valence-electron chi connectivity index (χ4n) is 4.17. The van der Waals surface area contributed by atoms with Crippen LogP contribution in [0.2, 0.25) is 0 Å². The summed E-state index contributed by atoms with van der Waals surface area (Å²) in [7, 11) is 1.61. The molecule has 1 saturated carbocycles. The molecule has 2 aliphatic heterocycles. The minimum Gasteiger partial charge on any atom is -0.494 e. The van der Waals surface area contributed by atoms with Crippen molar-refractivity contribution in [1.29, 1.82) is 0 Å². The Morgan fingerprint density at radius 3 is 2.59 bits per heavy atom. The summed E-state index contributed by atoms with van der Waals surface area (Å²) in [4.78, 5) is 11.3. The molecule has 3 heterocycles. The Morgan fingerprint density at radius 1 is 1.15 bits per heavy atom. The molecule has 1 saturated heterocycles. The fraction of sp³-hybridized carbons (Fsp3) is 0.524. The van der Waals surface area contributed by atoms with Crippen LogP contribution in [0.15, 0.2) is 30.6 Å². The second-order valence-electron chi connectivity index (χ2n) is 7.69. The lowest BCUT2D eigenvalue weighted by atomic mass is 9.89. The maximum Gasteiger partial charge on any atom is 0.213 e. The van der Waals surface area contributed by atoms with E-state index < -0.39 is 5.79 Å². The van der Waals surface area contributed by atoms with Gasteiger partial charge in [-0.25, -0.2) is 9.97 Å². The van der Waals surface area contributed by atoms with Gasteiger partial charge in [-0.1, -0.05) is 6.42 Å². The van der Waals surface area contributed by atoms with Crippen LogP contribution in [0, 0.1) is 0 Å². The van der Waals surface area contributed by atoms with Gasteiger partial charge in [0, 0.05) is 43.1 Å². The van der Waals surface area contributed by atoms with Gasteiger partial charge in [-0.3, -0.25) is 4.90 Å². The van der Waals surface area contributed by atoms with Gasteiger partial charge in [0.05, 0.1) is 26.1 Å². The zero-order valence-corrected chi connectivity index (χ0v) is 15.7. The molecule has 5 rings (SSSR count). The third kappa shape index (κ3) is 3.17. The number of hydrogen-bond donors (Lipinski definition) is 0. The van der Waals surface area contributed by atoms with Crippen LogP contribution >= 0.6 is 0 Å². The molecule has 6 heteroatoms. The van der Waals surface area contributed by atoms with E-state index in [2.05, 4.69) is 20.9 Å². The summed E-state index contributed by atoms with van der Waals surface area (Å²) in [5.74, 6) is 1.80. The molecule has 6 nitrogen and oxygen atoms in total. The van der Waals surface area contributed by atoms with Crippen molar-refractivity contribution in [3.63, 3.8) is 0 Å². The van der Waals surface area contributed by atoms with Crippen LogP contribution in [0.5, 0.6) is 11.5 Å². The Labute approximate surface area is 159 Å². The first-order valence-corrected chi connectivity index (χ1v) is 9.81. The standard InChI is InChI=1S/C21H25N3O3/c1-25-18-12-22-20(23-13-18)15-5-6-19-16(11-15)14-26-21(27-19)7-9-24(10-8-21)17-3-2-4-17/h5-6,11-13,17H,2-4,7-10,14H2,1H3. The Morgan fingerprint density at radius 2 is 1.93 bits per heavy atom. The van der Waals surface area contributed by atoms with Crippen LogP contribution in [0.3, 0.4) is 0 Å². The molecular formula is C21H25N3O3. The number of ether oxygens (including phenoxy) is 3. The first-order chi connectivity index (χ1) is 13.2. The molecule has 0 bridgehead atoms. The summed E-state index contributed by atoms with van der Waals surface area (Å²) in [5.41, 5.74) is 2.01. The van der Waals surface area contributed by atoms with Gasteiger partial charge in [0.15, 0.2) is 11.6 Å². The predicted molar refractivity (Wildman–Crippen MR) is 101 cm³/mol. The van der Waals surface area contributed by atoms with Crippen LogP contribution in [0.4, 0.5) is 0 Å². The molecule has 0 amide bonds. The maximum atomic E-state index is 6.36. The zero-order chi connectivity index (χ0) is 18.3. The molecule has 1 aliphatic carbocycles. The first-order valence-electron chi connectivity index (χ1n) is 9.81. The number of fused-ring (bicyclic) bond motifs is 1. The molecule has 0 N–H and O–H groups in total. The number of piperidine rings is 1. The monoisotopic (exact) mass is 367 g/mol. The molecule has 1 aromatic heterocycles. The molecule has 27 heavy (non-hydrogen) atoms. The third-order valence-corrected chi connectivity index (χ3v) is 6.12. The average Bonchev–Trinajstić information content (AvgIpc) is 2.68. The molecular weight excluding hydrogens is 342 g/mol. The van der Waals surface area contributed by atoms with E-state index in [9.17, 15) is 0 Å². The van der Waals surface area contributed by atoms with Gasteiger partial charge in [0.2, 0.25) is 5.79 Å². The summed E-state index contributed by atoms with van der Waals surface area (Å²) in [6.07, 6.45) is 9.33. The first kappa shape index (κ1) is 17.0. The Bertz CT molecular complexity index is 812. The Hall–Kier alpha value is -2.18. The van der Waals surface area contributed by atoms with Gasteiger partial charge in [-0.15, -0.1) is 0 Å². The fourth-order valence-corrected chi connectivity index (χ4v) is 4.17.